The molecule has 1 N–H and O–H groups in total. The van der Waals surface area contributed by atoms with Gasteiger partial charge in [0.25, 0.3) is 0 Å². The predicted octanol–water partition coefficient (Wildman–Crippen LogP) is 2.50. The summed E-state index contributed by atoms with van der Waals surface area (Å²) in [5, 5.41) is 7.50. The molecule has 1 aliphatic rings. The lowest BCUT2D eigenvalue weighted by Crippen LogP contribution is -2.55. The largest absolute Gasteiger partial charge is 0.493 e. The minimum Gasteiger partial charge on any atom is -0.493 e. The predicted molar refractivity (Wildman–Crippen MR) is 130 cm³/mol. The van der Waals surface area contributed by atoms with Crippen molar-refractivity contribution in [3.05, 3.63) is 42.2 Å². The van der Waals surface area contributed by atoms with E-state index in [1.807, 2.05) is 42.4 Å². The zero-order valence-electron chi connectivity index (χ0n) is 18.0. The van der Waals surface area contributed by atoms with E-state index in [2.05, 4.69) is 29.3 Å². The van der Waals surface area contributed by atoms with Crippen LogP contribution in [0.5, 0.6) is 5.75 Å². The number of nitrogens with zero attached hydrogens (tertiary/aromatic N) is 5. The maximum atomic E-state index is 12.6. The zero-order chi connectivity index (χ0) is 20.8. The van der Waals surface area contributed by atoms with Crippen molar-refractivity contribution in [3.63, 3.8) is 0 Å². The number of amides is 1. The monoisotopic (exact) mass is 526 g/mol. The Labute approximate surface area is 195 Å². The van der Waals surface area contributed by atoms with Crippen molar-refractivity contribution in [2.45, 2.75) is 20.4 Å². The molecule has 0 unspecified atom stereocenters. The molecule has 8 nitrogen and oxygen atoms in total. The minimum absolute atomic E-state index is 0. The molecule has 1 aromatic heterocycles. The van der Waals surface area contributed by atoms with E-state index >= 15 is 0 Å². The van der Waals surface area contributed by atoms with Gasteiger partial charge in [0, 0.05) is 39.9 Å². The van der Waals surface area contributed by atoms with Gasteiger partial charge in [0.05, 0.1) is 18.5 Å². The minimum atomic E-state index is 0. The number of aliphatic imine (C=N–C) groups is 1. The lowest BCUT2D eigenvalue weighted by molar-refractivity contribution is -0.120. The second-order valence-electron chi connectivity index (χ2n) is 7.59. The molecular formula is C21H31IN6O2. The molecule has 1 amide bonds. The number of carbonyl (C=O) groups excluding carboxylic acids is 1. The lowest BCUT2D eigenvalue weighted by atomic mass is 10.2. The first-order valence-corrected chi connectivity index (χ1v) is 9.92. The van der Waals surface area contributed by atoms with Crippen LogP contribution in [-0.4, -0.2) is 59.8 Å². The van der Waals surface area contributed by atoms with Crippen molar-refractivity contribution in [2.24, 2.45) is 18.0 Å². The third-order valence-corrected chi connectivity index (χ3v) is 4.69. The van der Waals surface area contributed by atoms with Gasteiger partial charge < -0.3 is 19.9 Å². The van der Waals surface area contributed by atoms with Gasteiger partial charge in [-0.25, -0.2) is 0 Å². The highest BCUT2D eigenvalue weighted by Gasteiger charge is 2.27. The Bertz CT molecular complexity index is 849. The fourth-order valence-corrected chi connectivity index (χ4v) is 3.15. The summed E-state index contributed by atoms with van der Waals surface area (Å²) >= 11 is 0. The van der Waals surface area contributed by atoms with E-state index in [4.69, 9.17) is 4.74 Å². The molecule has 3 rings (SSSR count). The summed E-state index contributed by atoms with van der Waals surface area (Å²) in [6.45, 7) is 7.21. The summed E-state index contributed by atoms with van der Waals surface area (Å²) in [7, 11) is 3.59. The molecule has 0 radical (unpaired) electrons. The van der Waals surface area contributed by atoms with Crippen LogP contribution in [-0.2, 0) is 18.4 Å². The number of rotatable bonds is 6. The molecule has 1 aromatic carbocycles. The molecule has 30 heavy (non-hydrogen) atoms. The number of benzene rings is 1. The van der Waals surface area contributed by atoms with Crippen LogP contribution in [0.4, 0.5) is 5.69 Å². The summed E-state index contributed by atoms with van der Waals surface area (Å²) in [6, 6.07) is 8.06. The van der Waals surface area contributed by atoms with Crippen LogP contribution in [0.15, 0.2) is 41.7 Å². The van der Waals surface area contributed by atoms with Crippen molar-refractivity contribution >= 4 is 41.5 Å². The fourth-order valence-electron chi connectivity index (χ4n) is 3.15. The summed E-state index contributed by atoms with van der Waals surface area (Å²) in [5.41, 5.74) is 1.96. The molecular weight excluding hydrogens is 495 g/mol. The Morgan fingerprint density at radius 2 is 2.00 bits per heavy atom. The van der Waals surface area contributed by atoms with E-state index in [0.717, 1.165) is 23.0 Å². The van der Waals surface area contributed by atoms with Gasteiger partial charge in [-0.3, -0.25) is 14.5 Å². The highest BCUT2D eigenvalue weighted by molar-refractivity contribution is 14.0. The molecule has 0 saturated carbocycles. The van der Waals surface area contributed by atoms with Crippen molar-refractivity contribution in [1.29, 1.82) is 0 Å². The third kappa shape index (κ3) is 6.35. The fraction of sp³-hybridized carbons (Fsp3) is 0.476. The van der Waals surface area contributed by atoms with Crippen molar-refractivity contribution in [2.75, 3.05) is 38.2 Å². The second-order valence-corrected chi connectivity index (χ2v) is 7.59. The molecule has 1 aliphatic heterocycles. The zero-order valence-corrected chi connectivity index (χ0v) is 20.4. The molecule has 1 saturated heterocycles. The number of carbonyl (C=O) groups is 1. The van der Waals surface area contributed by atoms with Crippen LogP contribution in [0.25, 0.3) is 0 Å². The highest BCUT2D eigenvalue weighted by Crippen LogP contribution is 2.16. The maximum Gasteiger partial charge on any atom is 0.246 e. The Morgan fingerprint density at radius 1 is 1.27 bits per heavy atom. The topological polar surface area (TPSA) is 75.0 Å². The Hall–Kier alpha value is -2.30. The first kappa shape index (κ1) is 24.0. The van der Waals surface area contributed by atoms with E-state index in [-0.39, 0.29) is 36.4 Å². The molecule has 0 atom stereocenters. The van der Waals surface area contributed by atoms with Gasteiger partial charge in [0.1, 0.15) is 12.3 Å². The number of ether oxygens (including phenoxy) is 1. The molecule has 9 heteroatoms. The Morgan fingerprint density at radius 3 is 2.57 bits per heavy atom. The SMILES string of the molecule is CN=C(NCc1ccc(OCC(C)C)cc1)N1CCN(c2cnn(C)c2)C(=O)C1.I. The van der Waals surface area contributed by atoms with Gasteiger partial charge in [-0.2, -0.15) is 5.10 Å². The van der Waals surface area contributed by atoms with Gasteiger partial charge in [-0.15, -0.1) is 24.0 Å². The number of halogens is 1. The van der Waals surface area contributed by atoms with Crippen molar-refractivity contribution in [3.8, 4) is 5.75 Å². The summed E-state index contributed by atoms with van der Waals surface area (Å²) in [4.78, 5) is 20.7. The number of aryl methyl sites for hydroxylation is 1. The number of guanidine groups is 1. The van der Waals surface area contributed by atoms with Crippen LogP contribution < -0.4 is 15.0 Å². The lowest BCUT2D eigenvalue weighted by Gasteiger charge is -2.35. The summed E-state index contributed by atoms with van der Waals surface area (Å²) < 4.78 is 7.43. The van der Waals surface area contributed by atoms with Gasteiger partial charge in [-0.05, 0) is 23.6 Å². The average molecular weight is 526 g/mol. The first-order valence-electron chi connectivity index (χ1n) is 9.92. The quantitative estimate of drug-likeness (QED) is 0.356. The Balaban J connectivity index is 0.00000320. The van der Waals surface area contributed by atoms with E-state index in [9.17, 15) is 4.79 Å². The number of aromatic nitrogens is 2. The van der Waals surface area contributed by atoms with Gasteiger partial charge in [-0.1, -0.05) is 26.0 Å². The average Bonchev–Trinajstić information content (AvgIpc) is 3.14. The number of piperazine rings is 1. The second kappa shape index (κ2) is 11.2. The molecule has 0 bridgehead atoms. The van der Waals surface area contributed by atoms with Crippen LogP contribution in [0.2, 0.25) is 0 Å². The highest BCUT2D eigenvalue weighted by atomic mass is 127. The standard InChI is InChI=1S/C21H30N6O2.HI/c1-16(2)15-29-19-7-5-17(6-8-19)11-23-21(22-3)26-9-10-27(20(28)14-26)18-12-24-25(4)13-18;/h5-8,12-13,16H,9-11,14-15H2,1-4H3,(H,22,23);1H. The van der Waals surface area contributed by atoms with Crippen molar-refractivity contribution in [1.82, 2.24) is 20.0 Å². The van der Waals surface area contributed by atoms with E-state index in [0.29, 0.717) is 32.2 Å². The van der Waals surface area contributed by atoms with Gasteiger partial charge >= 0.3 is 0 Å². The van der Waals surface area contributed by atoms with Crippen LogP contribution in [0.1, 0.15) is 19.4 Å². The van der Waals surface area contributed by atoms with E-state index < -0.39 is 0 Å². The molecule has 2 aromatic rings. The van der Waals surface area contributed by atoms with Gasteiger partial charge in [0.15, 0.2) is 5.96 Å². The van der Waals surface area contributed by atoms with Crippen LogP contribution in [0.3, 0.4) is 0 Å². The summed E-state index contributed by atoms with van der Waals surface area (Å²) in [5.74, 6) is 2.15. The van der Waals surface area contributed by atoms with Crippen molar-refractivity contribution < 1.29 is 9.53 Å². The summed E-state index contributed by atoms with van der Waals surface area (Å²) in [6.07, 6.45) is 3.57. The van der Waals surface area contributed by atoms with Crippen LogP contribution >= 0.6 is 24.0 Å². The van der Waals surface area contributed by atoms with Gasteiger partial charge in [0.2, 0.25) is 5.91 Å². The smallest absolute Gasteiger partial charge is 0.246 e. The number of nitrogens with one attached hydrogen (secondary N) is 1. The van der Waals surface area contributed by atoms with E-state index in [1.54, 1.807) is 22.8 Å². The van der Waals surface area contributed by atoms with Crippen LogP contribution in [0, 0.1) is 5.92 Å². The number of hydrogen-bond donors (Lipinski definition) is 1. The normalized spacial score (nSPS) is 14.7. The molecule has 2 heterocycles. The van der Waals surface area contributed by atoms with E-state index in [1.165, 1.54) is 0 Å². The first-order chi connectivity index (χ1) is 14.0. The Kier molecular flexibility index (Phi) is 8.94. The molecule has 164 valence electrons. The molecule has 0 aliphatic carbocycles. The third-order valence-electron chi connectivity index (χ3n) is 4.69. The molecule has 0 spiro atoms. The number of anilines is 1. The number of hydrogen-bond acceptors (Lipinski definition) is 4. The maximum absolute atomic E-state index is 12.6. The molecule has 1 fully saturated rings.